The van der Waals surface area contributed by atoms with E-state index in [2.05, 4.69) is 4.98 Å². The van der Waals surface area contributed by atoms with Crippen molar-refractivity contribution >= 4 is 22.5 Å². The molecule has 0 unspecified atom stereocenters. The van der Waals surface area contributed by atoms with Gasteiger partial charge in [0.1, 0.15) is 5.82 Å². The van der Waals surface area contributed by atoms with E-state index in [1.165, 1.54) is 6.07 Å². The number of aryl methyl sites for hydroxylation is 1. The summed E-state index contributed by atoms with van der Waals surface area (Å²) in [6, 6.07) is 4.96. The molecule has 3 heteroatoms. The summed E-state index contributed by atoms with van der Waals surface area (Å²) >= 11 is 6.17. The lowest BCUT2D eigenvalue weighted by atomic mass is 10.1. The van der Waals surface area contributed by atoms with Crippen LogP contribution in [0, 0.1) is 12.7 Å². The van der Waals surface area contributed by atoms with Crippen LogP contribution in [0.2, 0.25) is 5.02 Å². The number of hydrogen-bond donors (Lipinski definition) is 0. The minimum Gasteiger partial charge on any atom is -0.252 e. The lowest BCUT2D eigenvalue weighted by Gasteiger charge is -2.10. The third kappa shape index (κ3) is 1.78. The molecule has 0 saturated heterocycles. The first-order chi connectivity index (χ1) is 7.50. The monoisotopic (exact) mass is 237 g/mol. The number of aromatic nitrogens is 1. The van der Waals surface area contributed by atoms with E-state index in [4.69, 9.17) is 11.6 Å². The molecule has 1 aromatic carbocycles. The maximum absolute atomic E-state index is 13.4. The average molecular weight is 238 g/mol. The zero-order valence-corrected chi connectivity index (χ0v) is 10.3. The van der Waals surface area contributed by atoms with Gasteiger partial charge in [-0.2, -0.15) is 0 Å². The smallest absolute Gasteiger partial charge is 0.128 e. The van der Waals surface area contributed by atoms with Crippen LogP contribution < -0.4 is 0 Å². The van der Waals surface area contributed by atoms with Crippen molar-refractivity contribution in [2.24, 2.45) is 0 Å². The fourth-order valence-electron chi connectivity index (χ4n) is 1.68. The molecule has 0 bridgehead atoms. The highest BCUT2D eigenvalue weighted by Crippen LogP contribution is 2.28. The van der Waals surface area contributed by atoms with Crippen LogP contribution in [0.4, 0.5) is 4.39 Å². The average Bonchev–Trinajstić information content (AvgIpc) is 2.23. The summed E-state index contributed by atoms with van der Waals surface area (Å²) in [4.78, 5) is 4.47. The van der Waals surface area contributed by atoms with E-state index in [0.717, 1.165) is 11.1 Å². The van der Waals surface area contributed by atoms with Crippen LogP contribution in [-0.2, 0) is 0 Å². The highest BCUT2D eigenvalue weighted by atomic mass is 35.5. The van der Waals surface area contributed by atoms with Crippen molar-refractivity contribution in [3.63, 3.8) is 0 Å². The van der Waals surface area contributed by atoms with E-state index in [-0.39, 0.29) is 11.7 Å². The van der Waals surface area contributed by atoms with Crippen molar-refractivity contribution in [1.29, 1.82) is 0 Å². The molecular weight excluding hydrogens is 225 g/mol. The normalized spacial score (nSPS) is 11.4. The van der Waals surface area contributed by atoms with Crippen molar-refractivity contribution < 1.29 is 4.39 Å². The summed E-state index contributed by atoms with van der Waals surface area (Å²) in [6.45, 7) is 5.81. The predicted octanol–water partition coefficient (Wildman–Crippen LogP) is 4.46. The maximum Gasteiger partial charge on any atom is 0.128 e. The van der Waals surface area contributed by atoms with Gasteiger partial charge in [-0.3, -0.25) is 4.98 Å². The van der Waals surface area contributed by atoms with Crippen LogP contribution in [0.25, 0.3) is 10.9 Å². The zero-order valence-electron chi connectivity index (χ0n) is 9.51. The zero-order chi connectivity index (χ0) is 11.9. The summed E-state index contributed by atoms with van der Waals surface area (Å²) in [5.41, 5.74) is 2.12. The highest BCUT2D eigenvalue weighted by Gasteiger charge is 2.11. The minimum absolute atomic E-state index is 0.239. The Labute approximate surface area is 99.3 Å². The van der Waals surface area contributed by atoms with Gasteiger partial charge < -0.3 is 0 Å². The van der Waals surface area contributed by atoms with E-state index in [1.54, 1.807) is 13.0 Å². The first-order valence-electron chi connectivity index (χ1n) is 5.26. The number of rotatable bonds is 1. The maximum atomic E-state index is 13.4. The SMILES string of the molecule is Cc1c(F)ccc2c(Cl)cc(C(C)C)nc12. The Balaban J connectivity index is 2.83. The van der Waals surface area contributed by atoms with Crippen LogP contribution in [0.5, 0.6) is 0 Å². The summed E-state index contributed by atoms with van der Waals surface area (Å²) in [5.74, 6) is 0.0431. The first kappa shape index (κ1) is 11.3. The molecule has 2 aromatic rings. The number of nitrogens with zero attached hydrogens (tertiary/aromatic N) is 1. The van der Waals surface area contributed by atoms with Gasteiger partial charge in [0.15, 0.2) is 0 Å². The fourth-order valence-corrected chi connectivity index (χ4v) is 1.94. The van der Waals surface area contributed by atoms with Crippen molar-refractivity contribution in [3.05, 3.63) is 40.3 Å². The number of fused-ring (bicyclic) bond motifs is 1. The van der Waals surface area contributed by atoms with E-state index < -0.39 is 0 Å². The van der Waals surface area contributed by atoms with E-state index in [1.807, 2.05) is 19.9 Å². The molecule has 0 N–H and O–H groups in total. The van der Waals surface area contributed by atoms with Gasteiger partial charge in [0.25, 0.3) is 0 Å². The van der Waals surface area contributed by atoms with Gasteiger partial charge in [-0.25, -0.2) is 4.39 Å². The Morgan fingerprint density at radius 1 is 1.31 bits per heavy atom. The molecule has 1 aromatic heterocycles. The Kier molecular flexibility index (Phi) is 2.85. The Bertz CT molecular complexity index is 549. The number of halogens is 2. The number of pyridine rings is 1. The molecule has 0 aliphatic rings. The highest BCUT2D eigenvalue weighted by molar-refractivity contribution is 6.35. The second-order valence-corrected chi connectivity index (χ2v) is 4.66. The Hall–Kier alpha value is -1.15. The molecule has 2 rings (SSSR count). The van der Waals surface area contributed by atoms with Gasteiger partial charge in [-0.05, 0) is 31.0 Å². The number of benzene rings is 1. The van der Waals surface area contributed by atoms with Crippen LogP contribution in [0.1, 0.15) is 31.0 Å². The first-order valence-corrected chi connectivity index (χ1v) is 5.63. The molecule has 84 valence electrons. The Morgan fingerprint density at radius 2 is 2.00 bits per heavy atom. The van der Waals surface area contributed by atoms with Crippen molar-refractivity contribution in [2.75, 3.05) is 0 Å². The molecule has 0 saturated carbocycles. The molecule has 0 fully saturated rings. The molecule has 0 aliphatic heterocycles. The fraction of sp³-hybridized carbons (Fsp3) is 0.308. The van der Waals surface area contributed by atoms with Crippen molar-refractivity contribution in [1.82, 2.24) is 4.98 Å². The summed E-state index contributed by atoms with van der Waals surface area (Å²) < 4.78 is 13.4. The molecule has 0 spiro atoms. The van der Waals surface area contributed by atoms with Crippen LogP contribution >= 0.6 is 11.6 Å². The van der Waals surface area contributed by atoms with E-state index >= 15 is 0 Å². The third-order valence-electron chi connectivity index (χ3n) is 2.73. The second kappa shape index (κ2) is 4.02. The largest absolute Gasteiger partial charge is 0.252 e. The third-order valence-corrected chi connectivity index (χ3v) is 3.04. The van der Waals surface area contributed by atoms with Gasteiger partial charge in [-0.1, -0.05) is 25.4 Å². The van der Waals surface area contributed by atoms with Gasteiger partial charge in [-0.15, -0.1) is 0 Å². The molecule has 0 radical (unpaired) electrons. The summed E-state index contributed by atoms with van der Waals surface area (Å²) in [7, 11) is 0. The van der Waals surface area contributed by atoms with E-state index in [0.29, 0.717) is 16.1 Å². The van der Waals surface area contributed by atoms with Crippen molar-refractivity contribution in [2.45, 2.75) is 26.7 Å². The molecular formula is C13H13ClFN. The predicted molar refractivity (Wildman–Crippen MR) is 65.5 cm³/mol. The Morgan fingerprint density at radius 3 is 2.62 bits per heavy atom. The van der Waals surface area contributed by atoms with Crippen LogP contribution in [-0.4, -0.2) is 4.98 Å². The van der Waals surface area contributed by atoms with Crippen molar-refractivity contribution in [3.8, 4) is 0 Å². The van der Waals surface area contributed by atoms with E-state index in [9.17, 15) is 4.39 Å². The topological polar surface area (TPSA) is 12.9 Å². The lowest BCUT2D eigenvalue weighted by molar-refractivity contribution is 0.620. The summed E-state index contributed by atoms with van der Waals surface area (Å²) in [5, 5.41) is 1.45. The quantitative estimate of drug-likeness (QED) is 0.714. The van der Waals surface area contributed by atoms with Crippen LogP contribution in [0.15, 0.2) is 18.2 Å². The molecule has 1 nitrogen and oxygen atoms in total. The van der Waals surface area contributed by atoms with Crippen LogP contribution in [0.3, 0.4) is 0 Å². The minimum atomic E-state index is -0.239. The second-order valence-electron chi connectivity index (χ2n) is 4.25. The van der Waals surface area contributed by atoms with Gasteiger partial charge in [0, 0.05) is 16.6 Å². The van der Waals surface area contributed by atoms with Gasteiger partial charge in [0.05, 0.1) is 10.5 Å². The van der Waals surface area contributed by atoms with Gasteiger partial charge in [0.2, 0.25) is 0 Å². The standard InChI is InChI=1S/C13H13ClFN/c1-7(2)12-6-10(14)9-4-5-11(15)8(3)13(9)16-12/h4-7H,1-3H3. The molecule has 0 amide bonds. The molecule has 1 heterocycles. The lowest BCUT2D eigenvalue weighted by Crippen LogP contribution is -1.96. The molecule has 16 heavy (non-hydrogen) atoms. The van der Waals surface area contributed by atoms with Gasteiger partial charge >= 0.3 is 0 Å². The molecule has 0 atom stereocenters. The molecule has 0 aliphatic carbocycles. The number of hydrogen-bond acceptors (Lipinski definition) is 1. The summed E-state index contributed by atoms with van der Waals surface area (Å²) in [6.07, 6.45) is 0.